The van der Waals surface area contributed by atoms with Crippen LogP contribution in [0, 0.1) is 0 Å². The Hall–Kier alpha value is -1.97. The number of imide groups is 1. The normalized spacial score (nSPS) is 14.1. The Kier molecular flexibility index (Phi) is 2.81. The van der Waals surface area contributed by atoms with Gasteiger partial charge in [0.1, 0.15) is 0 Å². The van der Waals surface area contributed by atoms with E-state index >= 15 is 0 Å². The molecular formula is C12H12N2O2. The summed E-state index contributed by atoms with van der Waals surface area (Å²) in [5.41, 5.74) is 0.998. The molecule has 0 saturated carbocycles. The Morgan fingerprint density at radius 3 is 2.19 bits per heavy atom. The maximum Gasteiger partial charge on any atom is 0.261 e. The summed E-state index contributed by atoms with van der Waals surface area (Å²) in [6.45, 7) is 4.33. The van der Waals surface area contributed by atoms with Gasteiger partial charge in [0, 0.05) is 13.1 Å². The van der Waals surface area contributed by atoms with E-state index in [1.165, 1.54) is 4.90 Å². The molecule has 82 valence electrons. The topological polar surface area (TPSA) is 49.7 Å². The second-order valence-electron chi connectivity index (χ2n) is 3.61. The van der Waals surface area contributed by atoms with Gasteiger partial charge in [0.15, 0.2) is 0 Å². The van der Waals surface area contributed by atoms with Crippen LogP contribution in [0.4, 0.5) is 0 Å². The fourth-order valence-electron chi connectivity index (χ4n) is 1.78. The van der Waals surface area contributed by atoms with Gasteiger partial charge in [0.05, 0.1) is 11.1 Å². The molecule has 0 aromatic heterocycles. The molecule has 0 unspecified atom stereocenters. The number of nitrogens with zero attached hydrogens (tertiary/aromatic N) is 2. The standard InChI is InChI=1S/C12H12N2O2/c1-13-7-4-8-14-11(15)9-5-2-3-6-10(9)12(14)16/h2-3,5-6H,1,4,7-8H2. The minimum atomic E-state index is -0.204. The monoisotopic (exact) mass is 216 g/mol. The Balaban J connectivity index is 2.18. The van der Waals surface area contributed by atoms with E-state index in [1.807, 2.05) is 0 Å². The van der Waals surface area contributed by atoms with Crippen LogP contribution in [0.2, 0.25) is 0 Å². The Bertz CT molecular complexity index is 419. The molecule has 0 atom stereocenters. The van der Waals surface area contributed by atoms with Crippen molar-refractivity contribution in [2.24, 2.45) is 4.99 Å². The van der Waals surface area contributed by atoms with Crippen LogP contribution in [0.25, 0.3) is 0 Å². The lowest BCUT2D eigenvalue weighted by Crippen LogP contribution is -2.31. The maximum atomic E-state index is 11.9. The van der Waals surface area contributed by atoms with Crippen LogP contribution in [0.5, 0.6) is 0 Å². The number of rotatable bonds is 4. The van der Waals surface area contributed by atoms with Gasteiger partial charge < -0.3 is 4.99 Å². The fourth-order valence-corrected chi connectivity index (χ4v) is 1.78. The Labute approximate surface area is 93.6 Å². The molecule has 1 heterocycles. The van der Waals surface area contributed by atoms with E-state index in [-0.39, 0.29) is 11.8 Å². The molecule has 0 saturated heterocycles. The third-order valence-electron chi connectivity index (χ3n) is 2.58. The molecule has 0 aliphatic carbocycles. The van der Waals surface area contributed by atoms with Crippen LogP contribution in [0.3, 0.4) is 0 Å². The molecule has 4 heteroatoms. The summed E-state index contributed by atoms with van der Waals surface area (Å²) in [6, 6.07) is 6.89. The maximum absolute atomic E-state index is 11.9. The smallest absolute Gasteiger partial charge is 0.261 e. The van der Waals surface area contributed by atoms with Gasteiger partial charge in [0.2, 0.25) is 0 Å². The molecule has 0 radical (unpaired) electrons. The number of hydrogen-bond acceptors (Lipinski definition) is 3. The Morgan fingerprint density at radius 2 is 1.69 bits per heavy atom. The van der Waals surface area contributed by atoms with E-state index in [0.717, 1.165) is 0 Å². The predicted octanol–water partition coefficient (Wildman–Crippen LogP) is 1.37. The largest absolute Gasteiger partial charge is 0.301 e. The van der Waals surface area contributed by atoms with E-state index in [1.54, 1.807) is 24.3 Å². The summed E-state index contributed by atoms with van der Waals surface area (Å²) in [7, 11) is 0. The lowest BCUT2D eigenvalue weighted by Gasteiger charge is -2.12. The first kappa shape index (κ1) is 10.5. The van der Waals surface area contributed by atoms with Gasteiger partial charge in [-0.25, -0.2) is 0 Å². The second-order valence-corrected chi connectivity index (χ2v) is 3.61. The van der Waals surface area contributed by atoms with Gasteiger partial charge in [-0.05, 0) is 25.3 Å². The molecule has 0 N–H and O–H groups in total. The number of hydrogen-bond donors (Lipinski definition) is 0. The molecule has 0 bridgehead atoms. The molecule has 16 heavy (non-hydrogen) atoms. The van der Waals surface area contributed by atoms with Crippen LogP contribution >= 0.6 is 0 Å². The summed E-state index contributed by atoms with van der Waals surface area (Å²) < 4.78 is 0. The van der Waals surface area contributed by atoms with Gasteiger partial charge in [-0.1, -0.05) is 12.1 Å². The summed E-state index contributed by atoms with van der Waals surface area (Å²) in [6.07, 6.45) is 0.662. The number of fused-ring (bicyclic) bond motifs is 1. The van der Waals surface area contributed by atoms with Gasteiger partial charge in [-0.2, -0.15) is 0 Å². The zero-order valence-electron chi connectivity index (χ0n) is 8.85. The number of aliphatic imine (C=N–C) groups is 1. The van der Waals surface area contributed by atoms with Crippen molar-refractivity contribution >= 4 is 18.5 Å². The quantitative estimate of drug-likeness (QED) is 0.433. The van der Waals surface area contributed by atoms with Gasteiger partial charge in [0.25, 0.3) is 11.8 Å². The van der Waals surface area contributed by atoms with Crippen LogP contribution in [0.15, 0.2) is 29.3 Å². The molecule has 1 aliphatic heterocycles. The molecule has 1 aromatic carbocycles. The SMILES string of the molecule is C=NCCCN1C(=O)c2ccccc2C1=O. The summed E-state index contributed by atoms with van der Waals surface area (Å²) in [4.78, 5) is 28.7. The zero-order chi connectivity index (χ0) is 11.5. The van der Waals surface area contributed by atoms with E-state index in [9.17, 15) is 9.59 Å². The number of carbonyl (C=O) groups is 2. The van der Waals surface area contributed by atoms with E-state index in [0.29, 0.717) is 30.6 Å². The highest BCUT2D eigenvalue weighted by atomic mass is 16.2. The molecular weight excluding hydrogens is 204 g/mol. The highest BCUT2D eigenvalue weighted by Gasteiger charge is 2.34. The predicted molar refractivity (Wildman–Crippen MR) is 60.8 cm³/mol. The van der Waals surface area contributed by atoms with Crippen molar-refractivity contribution in [1.82, 2.24) is 4.90 Å². The second kappa shape index (κ2) is 4.26. The van der Waals surface area contributed by atoms with Crippen LogP contribution < -0.4 is 0 Å². The minimum Gasteiger partial charge on any atom is -0.301 e. The fraction of sp³-hybridized carbons (Fsp3) is 0.250. The summed E-state index contributed by atoms with van der Waals surface area (Å²) in [5, 5.41) is 0. The minimum absolute atomic E-state index is 0.204. The molecule has 1 aromatic rings. The van der Waals surface area contributed by atoms with E-state index in [2.05, 4.69) is 11.7 Å². The zero-order valence-corrected chi connectivity index (χ0v) is 8.85. The van der Waals surface area contributed by atoms with Crippen molar-refractivity contribution in [3.63, 3.8) is 0 Å². The van der Waals surface area contributed by atoms with Crippen LogP contribution in [0.1, 0.15) is 27.1 Å². The van der Waals surface area contributed by atoms with Crippen molar-refractivity contribution in [2.75, 3.05) is 13.1 Å². The van der Waals surface area contributed by atoms with Crippen molar-refractivity contribution in [3.8, 4) is 0 Å². The first-order valence-corrected chi connectivity index (χ1v) is 5.13. The first-order valence-electron chi connectivity index (χ1n) is 5.13. The molecule has 2 amide bonds. The van der Waals surface area contributed by atoms with E-state index in [4.69, 9.17) is 0 Å². The van der Waals surface area contributed by atoms with Crippen molar-refractivity contribution in [1.29, 1.82) is 0 Å². The molecule has 0 fully saturated rings. The van der Waals surface area contributed by atoms with Crippen LogP contribution in [-0.2, 0) is 0 Å². The highest BCUT2D eigenvalue weighted by molar-refractivity contribution is 6.21. The van der Waals surface area contributed by atoms with Gasteiger partial charge in [-0.15, -0.1) is 0 Å². The van der Waals surface area contributed by atoms with Gasteiger partial charge in [-0.3, -0.25) is 14.5 Å². The molecule has 0 spiro atoms. The number of amides is 2. The average molecular weight is 216 g/mol. The summed E-state index contributed by atoms with van der Waals surface area (Å²) in [5.74, 6) is -0.408. The molecule has 4 nitrogen and oxygen atoms in total. The first-order chi connectivity index (χ1) is 7.75. The average Bonchev–Trinajstić information content (AvgIpc) is 2.55. The molecule has 1 aliphatic rings. The van der Waals surface area contributed by atoms with Crippen molar-refractivity contribution in [3.05, 3.63) is 35.4 Å². The van der Waals surface area contributed by atoms with Crippen molar-refractivity contribution in [2.45, 2.75) is 6.42 Å². The van der Waals surface area contributed by atoms with E-state index < -0.39 is 0 Å². The van der Waals surface area contributed by atoms with Crippen LogP contribution in [-0.4, -0.2) is 36.5 Å². The van der Waals surface area contributed by atoms with Gasteiger partial charge >= 0.3 is 0 Å². The number of benzene rings is 1. The lowest BCUT2D eigenvalue weighted by atomic mass is 10.1. The Morgan fingerprint density at radius 1 is 1.12 bits per heavy atom. The number of carbonyl (C=O) groups excluding carboxylic acids is 2. The third kappa shape index (κ3) is 1.62. The molecule has 2 rings (SSSR count). The third-order valence-corrected chi connectivity index (χ3v) is 2.58. The highest BCUT2D eigenvalue weighted by Crippen LogP contribution is 2.22. The van der Waals surface area contributed by atoms with Crippen molar-refractivity contribution < 1.29 is 9.59 Å². The summed E-state index contributed by atoms with van der Waals surface area (Å²) >= 11 is 0. The lowest BCUT2D eigenvalue weighted by molar-refractivity contribution is 0.0653.